The molecule has 2 aromatic heterocycles. The van der Waals surface area contributed by atoms with E-state index in [-0.39, 0.29) is 18.5 Å². The molecule has 31 heavy (non-hydrogen) atoms. The number of carboxylic acids is 1. The van der Waals surface area contributed by atoms with Crippen LogP contribution in [0.15, 0.2) is 30.6 Å². The predicted octanol–water partition coefficient (Wildman–Crippen LogP) is 1.93. The third-order valence-corrected chi connectivity index (χ3v) is 6.25. The number of rotatable bonds is 5. The first-order valence-electron chi connectivity index (χ1n) is 10.3. The van der Waals surface area contributed by atoms with E-state index in [0.717, 1.165) is 22.9 Å². The first-order valence-corrected chi connectivity index (χ1v) is 10.3. The van der Waals surface area contributed by atoms with Gasteiger partial charge in [0, 0.05) is 29.4 Å². The Balaban J connectivity index is 1.50. The molecule has 0 spiro atoms. The van der Waals surface area contributed by atoms with Gasteiger partial charge in [0.15, 0.2) is 0 Å². The number of hydrogen-bond acceptors (Lipinski definition) is 6. The maximum atomic E-state index is 13.0. The number of amides is 1. The fourth-order valence-electron chi connectivity index (χ4n) is 4.60. The van der Waals surface area contributed by atoms with Crippen molar-refractivity contribution in [3.8, 4) is 11.1 Å². The minimum atomic E-state index is -0.958. The second-order valence-electron chi connectivity index (χ2n) is 8.42. The third kappa shape index (κ3) is 3.34. The van der Waals surface area contributed by atoms with Crippen molar-refractivity contribution in [2.24, 2.45) is 5.92 Å². The van der Waals surface area contributed by atoms with Gasteiger partial charge in [-0.2, -0.15) is 5.10 Å². The van der Waals surface area contributed by atoms with Crippen molar-refractivity contribution >= 4 is 22.8 Å². The van der Waals surface area contributed by atoms with Crippen LogP contribution >= 0.6 is 0 Å². The van der Waals surface area contributed by atoms with Gasteiger partial charge in [0.1, 0.15) is 18.4 Å². The molecule has 1 saturated carbocycles. The Bertz CT molecular complexity index is 1190. The van der Waals surface area contributed by atoms with Crippen LogP contribution < -0.4 is 0 Å². The number of hydrogen-bond donors (Lipinski definition) is 2. The fourth-order valence-corrected chi connectivity index (χ4v) is 4.60. The largest absolute Gasteiger partial charge is 0.480 e. The van der Waals surface area contributed by atoms with E-state index in [1.54, 1.807) is 24.0 Å². The zero-order valence-corrected chi connectivity index (χ0v) is 17.3. The monoisotopic (exact) mass is 421 g/mol. The van der Waals surface area contributed by atoms with Crippen LogP contribution in [-0.2, 0) is 16.1 Å². The molecule has 4 atom stereocenters. The van der Waals surface area contributed by atoms with Crippen molar-refractivity contribution in [2.75, 3.05) is 0 Å². The van der Waals surface area contributed by atoms with E-state index in [4.69, 9.17) is 0 Å². The SMILES string of the molecule is Cc1ncc(-c2ccc3c(c2)c(C(C)O)nn3CC(=O)N2[C@@H]3C[C@@H]3C[C@H]2C(=O)O)cn1. The minimum absolute atomic E-state index is 0.0276. The standard InChI is InChI=1S/C22H23N5O4/c1-11(28)21-16-5-13(15-8-23-12(2)24-9-15)3-4-17(16)26(25-21)10-20(29)27-18-6-14(18)7-19(27)22(30)31/h3-5,8-9,11,14,18-19,28H,6-7,10H2,1-2H3,(H,30,31)/t11?,14-,18-,19+/m1/s1. The van der Waals surface area contributed by atoms with Gasteiger partial charge in [0.25, 0.3) is 0 Å². The Morgan fingerprint density at radius 2 is 1.94 bits per heavy atom. The topological polar surface area (TPSA) is 121 Å². The number of aliphatic hydroxyl groups is 1. The summed E-state index contributed by atoms with van der Waals surface area (Å²) in [5.74, 6) is -0.234. The van der Waals surface area contributed by atoms with Gasteiger partial charge < -0.3 is 15.1 Å². The second-order valence-corrected chi connectivity index (χ2v) is 8.42. The molecule has 2 N–H and O–H groups in total. The van der Waals surface area contributed by atoms with Gasteiger partial charge in [-0.25, -0.2) is 14.8 Å². The number of fused-ring (bicyclic) bond motifs is 2. The number of nitrogens with zero attached hydrogens (tertiary/aromatic N) is 5. The van der Waals surface area contributed by atoms with Gasteiger partial charge in [-0.15, -0.1) is 0 Å². The maximum Gasteiger partial charge on any atom is 0.326 e. The predicted molar refractivity (Wildman–Crippen MR) is 111 cm³/mol. The summed E-state index contributed by atoms with van der Waals surface area (Å²) in [6, 6.07) is 4.93. The molecule has 2 aliphatic rings. The fraction of sp³-hybridized carbons (Fsp3) is 0.409. The molecule has 1 saturated heterocycles. The summed E-state index contributed by atoms with van der Waals surface area (Å²) in [7, 11) is 0. The summed E-state index contributed by atoms with van der Waals surface area (Å²) in [5.41, 5.74) is 2.90. The molecule has 2 fully saturated rings. The number of likely N-dealkylation sites (tertiary alicyclic amines) is 1. The van der Waals surface area contributed by atoms with E-state index in [0.29, 0.717) is 29.4 Å². The molecular formula is C22H23N5O4. The summed E-state index contributed by atoms with van der Waals surface area (Å²) in [6.45, 7) is 3.38. The summed E-state index contributed by atoms with van der Waals surface area (Å²) >= 11 is 0. The van der Waals surface area contributed by atoms with E-state index >= 15 is 0 Å². The highest BCUT2D eigenvalue weighted by molar-refractivity contribution is 5.90. The van der Waals surface area contributed by atoms with Crippen LogP contribution in [0.1, 0.15) is 37.4 Å². The van der Waals surface area contributed by atoms with Crippen LogP contribution in [-0.4, -0.2) is 58.8 Å². The number of piperidine rings is 1. The van der Waals surface area contributed by atoms with Gasteiger partial charge in [0.05, 0.1) is 17.3 Å². The molecule has 0 bridgehead atoms. The van der Waals surface area contributed by atoms with Crippen LogP contribution in [0.3, 0.4) is 0 Å². The van der Waals surface area contributed by atoms with Crippen LogP contribution in [0.4, 0.5) is 0 Å². The Kier molecular flexibility index (Phi) is 4.51. The van der Waals surface area contributed by atoms with Crippen LogP contribution in [0, 0.1) is 12.8 Å². The van der Waals surface area contributed by atoms with Crippen LogP contribution in [0.2, 0.25) is 0 Å². The zero-order chi connectivity index (χ0) is 21.9. The maximum absolute atomic E-state index is 13.0. The number of benzene rings is 1. The Morgan fingerprint density at radius 3 is 2.61 bits per heavy atom. The summed E-state index contributed by atoms with van der Waals surface area (Å²) < 4.78 is 1.56. The number of aliphatic hydroxyl groups excluding tert-OH is 1. The van der Waals surface area contributed by atoms with E-state index in [1.807, 2.05) is 25.1 Å². The first-order chi connectivity index (χ1) is 14.8. The number of carbonyl (C=O) groups is 2. The number of carbonyl (C=O) groups excluding carboxylic acids is 1. The number of carboxylic acid groups (broad SMARTS) is 1. The van der Waals surface area contributed by atoms with Gasteiger partial charge in [-0.05, 0) is 50.3 Å². The molecule has 1 aliphatic carbocycles. The van der Waals surface area contributed by atoms with E-state index < -0.39 is 18.1 Å². The smallest absolute Gasteiger partial charge is 0.326 e. The molecular weight excluding hydrogens is 398 g/mol. The summed E-state index contributed by atoms with van der Waals surface area (Å²) in [4.78, 5) is 34.6. The average Bonchev–Trinajstić information content (AvgIpc) is 3.24. The quantitative estimate of drug-likeness (QED) is 0.645. The van der Waals surface area contributed by atoms with Crippen LogP contribution in [0.5, 0.6) is 0 Å². The van der Waals surface area contributed by atoms with Gasteiger partial charge in [-0.3, -0.25) is 9.48 Å². The molecule has 1 aliphatic heterocycles. The van der Waals surface area contributed by atoms with Gasteiger partial charge in [-0.1, -0.05) is 6.07 Å². The normalized spacial score (nSPS) is 23.1. The van der Waals surface area contributed by atoms with Crippen LogP contribution in [0.25, 0.3) is 22.0 Å². The second kappa shape index (κ2) is 7.12. The molecule has 5 rings (SSSR count). The Morgan fingerprint density at radius 1 is 1.19 bits per heavy atom. The molecule has 3 aromatic rings. The highest BCUT2D eigenvalue weighted by atomic mass is 16.4. The van der Waals surface area contributed by atoms with Crippen molar-refractivity contribution < 1.29 is 19.8 Å². The van der Waals surface area contributed by atoms with Gasteiger partial charge in [0.2, 0.25) is 5.91 Å². The lowest BCUT2D eigenvalue weighted by atomic mass is 10.0. The summed E-state index contributed by atoms with van der Waals surface area (Å²) in [5, 5.41) is 25.0. The molecule has 9 nitrogen and oxygen atoms in total. The van der Waals surface area contributed by atoms with Crippen molar-refractivity contribution in [1.29, 1.82) is 0 Å². The van der Waals surface area contributed by atoms with Gasteiger partial charge >= 0.3 is 5.97 Å². The van der Waals surface area contributed by atoms with Crippen molar-refractivity contribution in [3.05, 3.63) is 42.1 Å². The van der Waals surface area contributed by atoms with Crippen molar-refractivity contribution in [1.82, 2.24) is 24.6 Å². The lowest BCUT2D eigenvalue weighted by molar-refractivity contribution is -0.149. The molecule has 1 amide bonds. The summed E-state index contributed by atoms with van der Waals surface area (Å²) in [6.07, 6.45) is 4.05. The number of aromatic nitrogens is 4. The van der Waals surface area contributed by atoms with Crippen molar-refractivity contribution in [2.45, 2.75) is 51.4 Å². The highest BCUT2D eigenvalue weighted by Gasteiger charge is 2.56. The Hall–Kier alpha value is -3.33. The first kappa shape index (κ1) is 19.6. The minimum Gasteiger partial charge on any atom is -0.480 e. The molecule has 3 heterocycles. The molecule has 0 radical (unpaired) electrons. The average molecular weight is 421 g/mol. The number of aryl methyl sites for hydroxylation is 1. The molecule has 160 valence electrons. The highest BCUT2D eigenvalue weighted by Crippen LogP contribution is 2.48. The Labute approximate surface area is 178 Å². The molecule has 1 aromatic carbocycles. The zero-order valence-electron chi connectivity index (χ0n) is 17.3. The molecule has 1 unspecified atom stereocenters. The van der Waals surface area contributed by atoms with E-state index in [1.165, 1.54) is 4.90 Å². The molecule has 9 heteroatoms. The van der Waals surface area contributed by atoms with E-state index in [9.17, 15) is 19.8 Å². The van der Waals surface area contributed by atoms with E-state index in [2.05, 4.69) is 15.1 Å². The third-order valence-electron chi connectivity index (χ3n) is 6.25. The van der Waals surface area contributed by atoms with Crippen molar-refractivity contribution in [3.63, 3.8) is 0 Å². The number of aliphatic carboxylic acids is 1. The lowest BCUT2D eigenvalue weighted by Crippen LogP contribution is -2.44. The lowest BCUT2D eigenvalue weighted by Gasteiger charge is -2.24.